The lowest BCUT2D eigenvalue weighted by Gasteiger charge is -2.14. The number of nitrogens with zero attached hydrogens (tertiary/aromatic N) is 1. The zero-order chi connectivity index (χ0) is 22.0. The summed E-state index contributed by atoms with van der Waals surface area (Å²) in [7, 11) is -3.89. The first-order chi connectivity index (χ1) is 14.0. The molecular formula is C24H26ClNO3S. The molecule has 1 fully saturated rings. The number of carbonyl (C=O) groups excluding carboxylic acids is 1. The van der Waals surface area contributed by atoms with E-state index in [9.17, 15) is 13.2 Å². The van der Waals surface area contributed by atoms with Crippen molar-refractivity contribution < 1.29 is 13.2 Å². The maximum atomic E-state index is 13.8. The summed E-state index contributed by atoms with van der Waals surface area (Å²) in [4.78, 5) is 12.8. The maximum Gasteiger partial charge on any atom is 0.268 e. The zero-order valence-corrected chi connectivity index (χ0v) is 19.5. The van der Waals surface area contributed by atoms with Crippen molar-refractivity contribution in [3.05, 3.63) is 64.3 Å². The summed E-state index contributed by atoms with van der Waals surface area (Å²) >= 11 is 5.82. The van der Waals surface area contributed by atoms with E-state index in [0.29, 0.717) is 33.5 Å². The van der Waals surface area contributed by atoms with Gasteiger partial charge in [0.05, 0.1) is 16.3 Å². The summed E-state index contributed by atoms with van der Waals surface area (Å²) < 4.78 is 28.8. The predicted molar refractivity (Wildman–Crippen MR) is 121 cm³/mol. The summed E-state index contributed by atoms with van der Waals surface area (Å²) in [6, 6.07) is 9.53. The topological polar surface area (TPSA) is 56.1 Å². The number of rotatable bonds is 5. The van der Waals surface area contributed by atoms with Gasteiger partial charge in [0.25, 0.3) is 10.0 Å². The molecule has 0 amide bonds. The van der Waals surface area contributed by atoms with Crippen molar-refractivity contribution in [2.24, 2.45) is 5.41 Å². The van der Waals surface area contributed by atoms with E-state index in [1.807, 2.05) is 51.1 Å². The third kappa shape index (κ3) is 3.28. The number of aromatic nitrogens is 1. The molecule has 158 valence electrons. The van der Waals surface area contributed by atoms with Gasteiger partial charge in [-0.3, -0.25) is 4.79 Å². The van der Waals surface area contributed by atoms with E-state index < -0.39 is 10.0 Å². The van der Waals surface area contributed by atoms with Crippen LogP contribution in [-0.2, 0) is 10.0 Å². The van der Waals surface area contributed by atoms with Crippen LogP contribution in [0.3, 0.4) is 0 Å². The molecule has 0 bridgehead atoms. The number of hydrogen-bond donors (Lipinski definition) is 0. The number of alkyl halides is 1. The molecule has 0 spiro atoms. The first-order valence-corrected chi connectivity index (χ1v) is 12.0. The molecule has 0 aliphatic heterocycles. The van der Waals surface area contributed by atoms with Crippen molar-refractivity contribution in [2.75, 3.05) is 5.88 Å². The van der Waals surface area contributed by atoms with Crippen LogP contribution < -0.4 is 0 Å². The molecule has 6 heteroatoms. The van der Waals surface area contributed by atoms with Gasteiger partial charge in [-0.05, 0) is 61.3 Å². The lowest BCUT2D eigenvalue weighted by Crippen LogP contribution is -2.15. The molecule has 30 heavy (non-hydrogen) atoms. The third-order valence-corrected chi connectivity index (χ3v) is 8.48. The Bertz CT molecular complexity index is 1280. The Morgan fingerprint density at radius 2 is 1.73 bits per heavy atom. The van der Waals surface area contributed by atoms with Crippen molar-refractivity contribution >= 4 is 38.3 Å². The van der Waals surface area contributed by atoms with Crippen LogP contribution in [0.15, 0.2) is 41.4 Å². The molecule has 2 aromatic carbocycles. The summed E-state index contributed by atoms with van der Waals surface area (Å²) in [5.74, 6) is -0.0884. The van der Waals surface area contributed by atoms with Gasteiger partial charge in [-0.2, -0.15) is 0 Å². The highest BCUT2D eigenvalue weighted by Gasteiger charge is 2.46. The fourth-order valence-corrected chi connectivity index (χ4v) is 6.56. The largest absolute Gasteiger partial charge is 0.293 e. The van der Waals surface area contributed by atoms with Gasteiger partial charge in [-0.1, -0.05) is 43.7 Å². The van der Waals surface area contributed by atoms with Crippen LogP contribution in [0.25, 0.3) is 10.9 Å². The fourth-order valence-electron chi connectivity index (χ4n) is 4.63. The Hall–Kier alpha value is -2.11. The van der Waals surface area contributed by atoms with Crippen LogP contribution in [0.1, 0.15) is 58.8 Å². The molecule has 1 aliphatic rings. The normalized spacial score (nSPS) is 18.0. The number of hydrogen-bond acceptors (Lipinski definition) is 3. The number of fused-ring (bicyclic) bond motifs is 1. The molecule has 1 saturated carbocycles. The van der Waals surface area contributed by atoms with Gasteiger partial charge in [-0.25, -0.2) is 12.4 Å². The third-order valence-electron chi connectivity index (χ3n) is 6.25. The van der Waals surface area contributed by atoms with E-state index in [1.54, 1.807) is 0 Å². The molecule has 1 heterocycles. The van der Waals surface area contributed by atoms with Crippen LogP contribution in [0.5, 0.6) is 0 Å². The Morgan fingerprint density at radius 3 is 2.27 bits per heavy atom. The number of benzene rings is 2. The molecule has 4 nitrogen and oxygen atoms in total. The first-order valence-electron chi connectivity index (χ1n) is 10.0. The molecule has 4 rings (SSSR count). The van der Waals surface area contributed by atoms with Crippen LogP contribution in [-0.4, -0.2) is 24.1 Å². The van der Waals surface area contributed by atoms with Crippen molar-refractivity contribution in [2.45, 2.75) is 51.9 Å². The number of ketones is 1. The van der Waals surface area contributed by atoms with E-state index in [0.717, 1.165) is 17.5 Å². The van der Waals surface area contributed by atoms with Crippen LogP contribution in [0.2, 0.25) is 0 Å². The molecule has 1 unspecified atom stereocenters. The van der Waals surface area contributed by atoms with Gasteiger partial charge in [0, 0.05) is 17.1 Å². The highest BCUT2D eigenvalue weighted by Crippen LogP contribution is 2.58. The van der Waals surface area contributed by atoms with E-state index in [4.69, 9.17) is 11.6 Å². The van der Waals surface area contributed by atoms with Crippen LogP contribution >= 0.6 is 11.6 Å². The van der Waals surface area contributed by atoms with Crippen molar-refractivity contribution in [3.63, 3.8) is 0 Å². The standard InChI is InChI=1S/C24H26ClNO3S/c1-14-8-15(2)23(16(3)9-14)30(28,29)26-13-19(22(27)12-25)18-7-6-17(10-21(18)26)20-11-24(20,4)5/h6-10,13,20H,11-12H2,1-5H3. The average Bonchev–Trinajstić information content (AvgIpc) is 3.11. The van der Waals surface area contributed by atoms with Gasteiger partial charge in [-0.15, -0.1) is 11.6 Å². The van der Waals surface area contributed by atoms with Gasteiger partial charge in [0.15, 0.2) is 5.78 Å². The maximum absolute atomic E-state index is 13.8. The lowest BCUT2D eigenvalue weighted by molar-refractivity contribution is 0.102. The van der Waals surface area contributed by atoms with E-state index >= 15 is 0 Å². The van der Waals surface area contributed by atoms with E-state index in [1.165, 1.54) is 10.2 Å². The highest BCUT2D eigenvalue weighted by molar-refractivity contribution is 7.90. The zero-order valence-electron chi connectivity index (χ0n) is 17.9. The van der Waals surface area contributed by atoms with E-state index in [2.05, 4.69) is 13.8 Å². The smallest absolute Gasteiger partial charge is 0.268 e. The highest BCUT2D eigenvalue weighted by atomic mass is 35.5. The van der Waals surface area contributed by atoms with Crippen molar-refractivity contribution in [1.82, 2.24) is 3.97 Å². The minimum Gasteiger partial charge on any atom is -0.293 e. The minimum atomic E-state index is -3.89. The molecule has 0 radical (unpaired) electrons. The van der Waals surface area contributed by atoms with Gasteiger partial charge in [0.1, 0.15) is 0 Å². The molecule has 3 aromatic rings. The predicted octanol–water partition coefficient (Wildman–Crippen LogP) is 5.74. The molecule has 1 aliphatic carbocycles. The number of Topliss-reactive ketones (excluding diaryl/α,β-unsaturated/α-hetero) is 1. The van der Waals surface area contributed by atoms with Gasteiger partial charge < -0.3 is 0 Å². The second-order valence-corrected chi connectivity index (χ2v) is 11.2. The van der Waals surface area contributed by atoms with Crippen molar-refractivity contribution in [1.29, 1.82) is 0 Å². The monoisotopic (exact) mass is 443 g/mol. The number of halogens is 1. The van der Waals surface area contributed by atoms with Crippen LogP contribution in [0.4, 0.5) is 0 Å². The van der Waals surface area contributed by atoms with Crippen LogP contribution in [0, 0.1) is 26.2 Å². The average molecular weight is 444 g/mol. The summed E-state index contributed by atoms with van der Waals surface area (Å²) in [6.45, 7) is 9.98. The summed E-state index contributed by atoms with van der Waals surface area (Å²) in [6.07, 6.45) is 2.50. The van der Waals surface area contributed by atoms with Gasteiger partial charge in [0.2, 0.25) is 0 Å². The Morgan fingerprint density at radius 1 is 1.13 bits per heavy atom. The Kier molecular flexibility index (Phi) is 4.90. The molecule has 1 atom stereocenters. The SMILES string of the molecule is Cc1cc(C)c(S(=O)(=O)n2cc(C(=O)CCl)c3ccc(C4CC4(C)C)cc32)c(C)c1. The second-order valence-electron chi connectivity index (χ2n) is 9.15. The summed E-state index contributed by atoms with van der Waals surface area (Å²) in [5, 5.41) is 0.619. The molecule has 0 N–H and O–H groups in total. The van der Waals surface area contributed by atoms with Gasteiger partial charge >= 0.3 is 0 Å². The Balaban J connectivity index is 2.00. The first kappa shape index (κ1) is 21.1. The molecular weight excluding hydrogens is 418 g/mol. The number of carbonyl (C=O) groups is 1. The Labute approximate surface area is 182 Å². The quantitative estimate of drug-likeness (QED) is 0.373. The second kappa shape index (κ2) is 6.96. The lowest BCUT2D eigenvalue weighted by atomic mass is 10.0. The molecule has 1 aromatic heterocycles. The molecule has 0 saturated heterocycles. The summed E-state index contributed by atoms with van der Waals surface area (Å²) in [5.41, 5.74) is 4.58. The van der Waals surface area contributed by atoms with E-state index in [-0.39, 0.29) is 22.0 Å². The minimum absolute atomic E-state index is 0.195. The van der Waals surface area contributed by atoms with Crippen molar-refractivity contribution in [3.8, 4) is 0 Å². The fraction of sp³-hybridized carbons (Fsp3) is 0.375. The number of aryl methyl sites for hydroxylation is 3.